The van der Waals surface area contributed by atoms with Gasteiger partial charge in [-0.3, -0.25) is 9.59 Å². The molecular weight excluding hydrogens is 442 g/mol. The van der Waals surface area contributed by atoms with Gasteiger partial charge in [0.05, 0.1) is 23.7 Å². The summed E-state index contributed by atoms with van der Waals surface area (Å²) in [6, 6.07) is 16.4. The Kier molecular flexibility index (Phi) is 6.49. The molecule has 180 valence electrons. The Morgan fingerprint density at radius 1 is 1.03 bits per heavy atom. The molecule has 2 atom stereocenters. The zero-order chi connectivity index (χ0) is 24.4. The molecule has 3 aromatic rings. The third kappa shape index (κ3) is 4.38. The van der Waals surface area contributed by atoms with Crippen LogP contribution in [0.1, 0.15) is 59.0 Å². The fourth-order valence-corrected chi connectivity index (χ4v) is 5.34. The third-order valence-corrected chi connectivity index (χ3v) is 6.99. The lowest BCUT2D eigenvalue weighted by atomic mass is 9.83. The number of fused-ring (bicyclic) bond motifs is 3. The van der Waals surface area contributed by atoms with E-state index in [0.717, 1.165) is 42.3 Å². The second-order valence-corrected chi connectivity index (χ2v) is 9.10. The number of anilines is 1. The van der Waals surface area contributed by atoms with Crippen molar-refractivity contribution in [2.24, 2.45) is 5.92 Å². The molecule has 1 saturated carbocycles. The van der Waals surface area contributed by atoms with Crippen LogP contribution in [-0.2, 0) is 16.0 Å². The maximum Gasteiger partial charge on any atom is 0.357 e. The Balaban J connectivity index is 1.48. The van der Waals surface area contributed by atoms with Gasteiger partial charge in [0.2, 0.25) is 5.91 Å². The van der Waals surface area contributed by atoms with Gasteiger partial charge in [-0.05, 0) is 44.4 Å². The van der Waals surface area contributed by atoms with Crippen molar-refractivity contribution in [1.82, 2.24) is 10.3 Å². The van der Waals surface area contributed by atoms with E-state index in [0.29, 0.717) is 24.0 Å². The minimum Gasteiger partial charge on any atom is -0.461 e. The predicted octanol–water partition coefficient (Wildman–Crippen LogP) is 4.29. The van der Waals surface area contributed by atoms with Crippen LogP contribution in [0.15, 0.2) is 54.6 Å². The quantitative estimate of drug-likeness (QED) is 0.561. The summed E-state index contributed by atoms with van der Waals surface area (Å²) in [4.78, 5) is 45.9. The first-order chi connectivity index (χ1) is 17.1. The van der Waals surface area contributed by atoms with E-state index in [1.54, 1.807) is 24.0 Å². The molecule has 5 rings (SSSR count). The Labute approximate surface area is 204 Å². The normalized spacial score (nSPS) is 19.3. The number of benzene rings is 2. The molecule has 1 aromatic heterocycles. The fourth-order valence-electron chi connectivity index (χ4n) is 5.34. The van der Waals surface area contributed by atoms with Gasteiger partial charge in [0.1, 0.15) is 0 Å². The van der Waals surface area contributed by atoms with Gasteiger partial charge in [-0.2, -0.15) is 0 Å². The molecule has 0 unspecified atom stereocenters. The molecule has 2 heterocycles. The first-order valence-electron chi connectivity index (χ1n) is 12.3. The number of aromatic nitrogens is 1. The Hall–Kier alpha value is -3.74. The van der Waals surface area contributed by atoms with E-state index < -0.39 is 5.97 Å². The van der Waals surface area contributed by atoms with Crippen LogP contribution >= 0.6 is 0 Å². The number of carbonyl (C=O) groups is 3. The van der Waals surface area contributed by atoms with Crippen molar-refractivity contribution >= 4 is 34.4 Å². The summed E-state index contributed by atoms with van der Waals surface area (Å²) in [5, 5.41) is 3.97. The largest absolute Gasteiger partial charge is 0.461 e. The SMILES string of the molecule is CCOC(=O)c1nc2ccccc2c2c1CCN2C(=O)[C@H]1CCCC[C@H]1NC(=O)c1ccccc1. The predicted molar refractivity (Wildman–Crippen MR) is 133 cm³/mol. The number of nitrogens with zero attached hydrogens (tertiary/aromatic N) is 2. The highest BCUT2D eigenvalue weighted by Crippen LogP contribution is 2.39. The summed E-state index contributed by atoms with van der Waals surface area (Å²) in [6.45, 7) is 2.50. The van der Waals surface area contributed by atoms with Crippen LogP contribution in [-0.4, -0.2) is 42.0 Å². The summed E-state index contributed by atoms with van der Waals surface area (Å²) in [5.41, 5.74) is 3.05. The molecule has 0 radical (unpaired) electrons. The third-order valence-electron chi connectivity index (χ3n) is 6.99. The lowest BCUT2D eigenvalue weighted by Gasteiger charge is -2.34. The van der Waals surface area contributed by atoms with Crippen molar-refractivity contribution < 1.29 is 19.1 Å². The molecule has 1 aliphatic heterocycles. The summed E-state index contributed by atoms with van der Waals surface area (Å²) in [5.74, 6) is -0.945. The second kappa shape index (κ2) is 9.86. The number of hydrogen-bond acceptors (Lipinski definition) is 5. The number of esters is 1. The van der Waals surface area contributed by atoms with E-state index in [4.69, 9.17) is 4.74 Å². The van der Waals surface area contributed by atoms with Crippen LogP contribution < -0.4 is 10.2 Å². The molecule has 0 bridgehead atoms. The van der Waals surface area contributed by atoms with Crippen LogP contribution in [0.25, 0.3) is 10.9 Å². The number of para-hydroxylation sites is 1. The van der Waals surface area contributed by atoms with Crippen molar-refractivity contribution in [2.45, 2.75) is 45.1 Å². The number of hydrogen-bond donors (Lipinski definition) is 1. The van der Waals surface area contributed by atoms with E-state index in [1.165, 1.54) is 0 Å². The minimum atomic E-state index is -0.463. The van der Waals surface area contributed by atoms with Crippen molar-refractivity contribution in [3.05, 3.63) is 71.4 Å². The maximum absolute atomic E-state index is 14.0. The van der Waals surface area contributed by atoms with Crippen LogP contribution in [0, 0.1) is 5.92 Å². The number of amides is 2. The highest BCUT2D eigenvalue weighted by Gasteiger charge is 2.39. The Morgan fingerprint density at radius 3 is 2.57 bits per heavy atom. The van der Waals surface area contributed by atoms with Gasteiger partial charge in [-0.25, -0.2) is 9.78 Å². The number of pyridine rings is 1. The van der Waals surface area contributed by atoms with Gasteiger partial charge < -0.3 is 15.0 Å². The monoisotopic (exact) mass is 471 g/mol. The molecule has 0 saturated heterocycles. The van der Waals surface area contributed by atoms with Gasteiger partial charge in [-0.1, -0.05) is 49.2 Å². The van der Waals surface area contributed by atoms with Crippen molar-refractivity contribution in [1.29, 1.82) is 0 Å². The van der Waals surface area contributed by atoms with E-state index in [1.807, 2.05) is 42.5 Å². The molecule has 1 aliphatic carbocycles. The number of carbonyl (C=O) groups excluding carboxylic acids is 3. The van der Waals surface area contributed by atoms with Gasteiger partial charge in [0.15, 0.2) is 5.69 Å². The molecule has 7 nitrogen and oxygen atoms in total. The number of nitrogens with one attached hydrogen (secondary N) is 1. The van der Waals surface area contributed by atoms with E-state index in [-0.39, 0.29) is 36.1 Å². The van der Waals surface area contributed by atoms with Gasteiger partial charge in [0.25, 0.3) is 5.91 Å². The topological polar surface area (TPSA) is 88.6 Å². The Morgan fingerprint density at radius 2 is 1.77 bits per heavy atom. The fraction of sp³-hybridized carbons (Fsp3) is 0.357. The van der Waals surface area contributed by atoms with Gasteiger partial charge >= 0.3 is 5.97 Å². The molecule has 1 fully saturated rings. The summed E-state index contributed by atoms with van der Waals surface area (Å²) in [6.07, 6.45) is 3.94. The van der Waals surface area contributed by atoms with Crippen LogP contribution in [0.4, 0.5) is 5.69 Å². The highest BCUT2D eigenvalue weighted by atomic mass is 16.5. The molecular formula is C28H29N3O4. The number of rotatable bonds is 5. The van der Waals surface area contributed by atoms with Crippen molar-refractivity contribution in [2.75, 3.05) is 18.1 Å². The zero-order valence-electron chi connectivity index (χ0n) is 19.8. The maximum atomic E-state index is 14.0. The lowest BCUT2D eigenvalue weighted by molar-refractivity contribution is -0.123. The summed E-state index contributed by atoms with van der Waals surface area (Å²) < 4.78 is 5.26. The molecule has 7 heteroatoms. The standard InChI is InChI=1S/C28H29N3O4/c1-2-35-28(34)24-21-16-17-31(25(21)19-12-6-8-14-22(19)29-24)27(33)20-13-7-9-15-23(20)30-26(32)18-10-4-3-5-11-18/h3-6,8,10-12,14,20,23H,2,7,9,13,15-17H2,1H3,(H,30,32)/t20-,23+/m0/s1. The summed E-state index contributed by atoms with van der Waals surface area (Å²) in [7, 11) is 0. The minimum absolute atomic E-state index is 0.00651. The van der Waals surface area contributed by atoms with E-state index in [2.05, 4.69) is 10.3 Å². The molecule has 0 spiro atoms. The molecule has 1 N–H and O–H groups in total. The van der Waals surface area contributed by atoms with Crippen molar-refractivity contribution in [3.8, 4) is 0 Å². The molecule has 2 aliphatic rings. The van der Waals surface area contributed by atoms with Crippen LogP contribution in [0.3, 0.4) is 0 Å². The molecule has 35 heavy (non-hydrogen) atoms. The number of ether oxygens (including phenoxy) is 1. The Bertz CT molecular complexity index is 1270. The van der Waals surface area contributed by atoms with Crippen LogP contribution in [0.2, 0.25) is 0 Å². The average Bonchev–Trinajstić information content (AvgIpc) is 3.34. The average molecular weight is 472 g/mol. The van der Waals surface area contributed by atoms with Gasteiger partial charge in [-0.15, -0.1) is 0 Å². The second-order valence-electron chi connectivity index (χ2n) is 9.10. The summed E-state index contributed by atoms with van der Waals surface area (Å²) >= 11 is 0. The molecule has 2 aromatic carbocycles. The smallest absolute Gasteiger partial charge is 0.357 e. The van der Waals surface area contributed by atoms with Crippen molar-refractivity contribution in [3.63, 3.8) is 0 Å². The first-order valence-corrected chi connectivity index (χ1v) is 12.3. The zero-order valence-corrected chi connectivity index (χ0v) is 19.8. The van der Waals surface area contributed by atoms with E-state index in [9.17, 15) is 14.4 Å². The van der Waals surface area contributed by atoms with Gasteiger partial charge in [0, 0.05) is 29.1 Å². The first kappa shape index (κ1) is 23.0. The highest BCUT2D eigenvalue weighted by molar-refractivity contribution is 6.09. The van der Waals surface area contributed by atoms with Crippen LogP contribution in [0.5, 0.6) is 0 Å². The lowest BCUT2D eigenvalue weighted by Crippen LogP contribution is -2.49. The molecule has 2 amide bonds. The van der Waals surface area contributed by atoms with E-state index >= 15 is 0 Å².